The van der Waals surface area contributed by atoms with E-state index < -0.39 is 29.5 Å². The maximum Gasteiger partial charge on any atom is 0.310 e. The van der Waals surface area contributed by atoms with Crippen LogP contribution >= 0.6 is 0 Å². The molecule has 120 valence electrons. The third-order valence-corrected chi connectivity index (χ3v) is 5.08. The number of rotatable bonds is 5. The molecule has 1 N–H and O–H groups in total. The van der Waals surface area contributed by atoms with Gasteiger partial charge in [-0.25, -0.2) is 0 Å². The molecule has 0 aliphatic carbocycles. The highest BCUT2D eigenvalue weighted by molar-refractivity contribution is 5.90. The Balaban J connectivity index is 1.76. The van der Waals surface area contributed by atoms with E-state index in [-0.39, 0.29) is 11.9 Å². The third kappa shape index (κ3) is 2.19. The number of nitrogens with zero attached hydrogens (tertiary/aromatic N) is 1. The first-order valence-corrected chi connectivity index (χ1v) is 7.89. The summed E-state index contributed by atoms with van der Waals surface area (Å²) >= 11 is 0. The van der Waals surface area contributed by atoms with Crippen LogP contribution in [0.4, 0.5) is 0 Å². The minimum Gasteiger partial charge on any atom is -0.481 e. The van der Waals surface area contributed by atoms with Crippen molar-refractivity contribution in [3.63, 3.8) is 0 Å². The van der Waals surface area contributed by atoms with E-state index in [9.17, 15) is 14.7 Å². The molecule has 2 saturated heterocycles. The Hall–Kier alpha value is -1.62. The Morgan fingerprint density at radius 3 is 2.95 bits per heavy atom. The number of likely N-dealkylation sites (tertiary alicyclic amines) is 1. The van der Waals surface area contributed by atoms with Crippen molar-refractivity contribution in [3.8, 4) is 0 Å². The molecule has 0 aromatic carbocycles. The van der Waals surface area contributed by atoms with Gasteiger partial charge in [-0.05, 0) is 33.6 Å². The lowest BCUT2D eigenvalue weighted by Gasteiger charge is -2.27. The Bertz CT molecular complexity index is 563. The number of carbonyl (C=O) groups is 2. The summed E-state index contributed by atoms with van der Waals surface area (Å²) in [4.78, 5) is 26.1. The molecule has 0 radical (unpaired) electrons. The van der Waals surface area contributed by atoms with E-state index in [1.807, 2.05) is 17.9 Å². The maximum atomic E-state index is 12.8. The van der Waals surface area contributed by atoms with Gasteiger partial charge in [0.1, 0.15) is 11.5 Å². The molecule has 2 fully saturated rings. The number of carbonyl (C=O) groups excluding carboxylic acids is 1. The van der Waals surface area contributed by atoms with Crippen LogP contribution in [0.2, 0.25) is 0 Å². The van der Waals surface area contributed by atoms with Crippen molar-refractivity contribution in [3.05, 3.63) is 23.8 Å². The van der Waals surface area contributed by atoms with Gasteiger partial charge in [-0.3, -0.25) is 9.59 Å². The largest absolute Gasteiger partial charge is 0.481 e. The Morgan fingerprint density at radius 2 is 2.32 bits per heavy atom. The van der Waals surface area contributed by atoms with Gasteiger partial charge in [0.15, 0.2) is 0 Å². The van der Waals surface area contributed by atoms with Crippen LogP contribution in [0.3, 0.4) is 0 Å². The molecule has 5 atom stereocenters. The van der Waals surface area contributed by atoms with E-state index >= 15 is 0 Å². The summed E-state index contributed by atoms with van der Waals surface area (Å²) in [5, 5.41) is 9.43. The lowest BCUT2D eigenvalue weighted by atomic mass is 9.77. The molecule has 3 aliphatic heterocycles. The molecule has 5 unspecified atom stereocenters. The van der Waals surface area contributed by atoms with Crippen molar-refractivity contribution in [1.82, 2.24) is 4.90 Å². The molecule has 5 nitrogen and oxygen atoms in total. The van der Waals surface area contributed by atoms with E-state index in [0.29, 0.717) is 6.54 Å². The quantitative estimate of drug-likeness (QED) is 0.789. The Kier molecular flexibility index (Phi) is 3.63. The van der Waals surface area contributed by atoms with Gasteiger partial charge in [0.25, 0.3) is 0 Å². The highest BCUT2D eigenvalue weighted by Crippen LogP contribution is 2.52. The van der Waals surface area contributed by atoms with E-state index in [0.717, 1.165) is 12.8 Å². The molecule has 0 aromatic rings. The topological polar surface area (TPSA) is 66.8 Å². The summed E-state index contributed by atoms with van der Waals surface area (Å²) in [7, 11) is 0. The minimum atomic E-state index is -0.936. The lowest BCUT2D eigenvalue weighted by Crippen LogP contribution is -2.40. The van der Waals surface area contributed by atoms with E-state index in [4.69, 9.17) is 4.74 Å². The number of ether oxygens (including phenoxy) is 1. The molecule has 3 rings (SSSR count). The zero-order valence-electron chi connectivity index (χ0n) is 13.3. The van der Waals surface area contributed by atoms with Crippen molar-refractivity contribution >= 4 is 11.9 Å². The van der Waals surface area contributed by atoms with Crippen molar-refractivity contribution < 1.29 is 19.4 Å². The molecule has 3 aliphatic rings. The fourth-order valence-electron chi connectivity index (χ4n) is 3.95. The van der Waals surface area contributed by atoms with Gasteiger partial charge in [0, 0.05) is 6.04 Å². The Morgan fingerprint density at radius 1 is 1.59 bits per heavy atom. The number of carboxylic acid groups (broad SMARTS) is 1. The van der Waals surface area contributed by atoms with Crippen molar-refractivity contribution in [1.29, 1.82) is 0 Å². The second-order valence-electron chi connectivity index (χ2n) is 6.91. The van der Waals surface area contributed by atoms with Crippen molar-refractivity contribution in [2.75, 3.05) is 6.54 Å². The zero-order valence-corrected chi connectivity index (χ0v) is 13.3. The standard InChI is InChI=1S/C17H23NO4/c1-10(2)5-4-6-11(3)18-9-17-8-7-12(22-17)13(16(20)21)14(17)15(18)19/h5,7-8,11-14H,4,6,9H2,1-3H3,(H,20,21). The Labute approximate surface area is 130 Å². The molecule has 5 heteroatoms. The first kappa shape index (κ1) is 15.3. The summed E-state index contributed by atoms with van der Waals surface area (Å²) in [6.45, 7) is 6.62. The smallest absolute Gasteiger partial charge is 0.310 e. The molecule has 2 bridgehead atoms. The highest BCUT2D eigenvalue weighted by atomic mass is 16.5. The van der Waals surface area contributed by atoms with E-state index in [1.165, 1.54) is 5.57 Å². The number of hydrogen-bond donors (Lipinski definition) is 1. The predicted octanol–water partition coefficient (Wildman–Crippen LogP) is 1.99. The molecular formula is C17H23NO4. The average Bonchev–Trinajstić information content (AvgIpc) is 3.06. The van der Waals surface area contributed by atoms with Crippen LogP contribution in [0.1, 0.15) is 33.6 Å². The molecule has 22 heavy (non-hydrogen) atoms. The van der Waals surface area contributed by atoms with Crippen LogP contribution in [0, 0.1) is 11.8 Å². The monoisotopic (exact) mass is 305 g/mol. The number of allylic oxidation sites excluding steroid dienone is 2. The number of aliphatic carboxylic acids is 1. The summed E-state index contributed by atoms with van der Waals surface area (Å²) < 4.78 is 5.88. The fraction of sp³-hybridized carbons (Fsp3) is 0.647. The van der Waals surface area contributed by atoms with Crippen molar-refractivity contribution in [2.24, 2.45) is 11.8 Å². The molecule has 1 spiro atoms. The van der Waals surface area contributed by atoms with Gasteiger partial charge in [-0.2, -0.15) is 0 Å². The van der Waals surface area contributed by atoms with Crippen molar-refractivity contribution in [2.45, 2.75) is 51.4 Å². The second kappa shape index (κ2) is 5.23. The van der Waals surface area contributed by atoms with Crippen LogP contribution < -0.4 is 0 Å². The number of hydrogen-bond acceptors (Lipinski definition) is 3. The average molecular weight is 305 g/mol. The molecule has 1 amide bonds. The van der Waals surface area contributed by atoms with Gasteiger partial charge in [0.2, 0.25) is 5.91 Å². The number of fused-ring (bicyclic) bond motifs is 1. The lowest BCUT2D eigenvalue weighted by molar-refractivity contribution is -0.148. The van der Waals surface area contributed by atoms with Gasteiger partial charge in [-0.1, -0.05) is 23.8 Å². The summed E-state index contributed by atoms with van der Waals surface area (Å²) in [6.07, 6.45) is 7.23. The predicted molar refractivity (Wildman–Crippen MR) is 81.2 cm³/mol. The van der Waals surface area contributed by atoms with Crippen LogP contribution in [0.5, 0.6) is 0 Å². The van der Waals surface area contributed by atoms with Gasteiger partial charge < -0.3 is 14.7 Å². The van der Waals surface area contributed by atoms with Crippen LogP contribution in [0.25, 0.3) is 0 Å². The normalized spacial score (nSPS) is 36.6. The third-order valence-electron chi connectivity index (χ3n) is 5.08. The van der Waals surface area contributed by atoms with Crippen LogP contribution in [0.15, 0.2) is 23.8 Å². The SMILES string of the molecule is CC(C)=CCCC(C)N1CC23C=CC(O2)C(C(=O)O)C3C1=O. The summed E-state index contributed by atoms with van der Waals surface area (Å²) in [5.41, 5.74) is 0.557. The van der Waals surface area contributed by atoms with Crippen LogP contribution in [-0.4, -0.2) is 46.2 Å². The van der Waals surface area contributed by atoms with Gasteiger partial charge >= 0.3 is 5.97 Å². The number of amides is 1. The van der Waals surface area contributed by atoms with E-state index in [1.54, 1.807) is 6.08 Å². The first-order valence-electron chi connectivity index (χ1n) is 7.89. The van der Waals surface area contributed by atoms with Crippen LogP contribution in [-0.2, 0) is 14.3 Å². The molecule has 0 aromatic heterocycles. The minimum absolute atomic E-state index is 0.0658. The zero-order chi connectivity index (χ0) is 16.1. The summed E-state index contributed by atoms with van der Waals surface area (Å²) in [6, 6.07) is 0.0913. The first-order chi connectivity index (χ1) is 10.4. The summed E-state index contributed by atoms with van der Waals surface area (Å²) in [5.74, 6) is -2.31. The molecule has 3 heterocycles. The maximum absolute atomic E-state index is 12.8. The second-order valence-corrected chi connectivity index (χ2v) is 6.91. The van der Waals surface area contributed by atoms with E-state index in [2.05, 4.69) is 19.9 Å². The van der Waals surface area contributed by atoms with Gasteiger partial charge in [-0.15, -0.1) is 0 Å². The van der Waals surface area contributed by atoms with Gasteiger partial charge in [0.05, 0.1) is 18.6 Å². The highest BCUT2D eigenvalue weighted by Gasteiger charge is 2.67. The molecular weight excluding hydrogens is 282 g/mol. The fourth-order valence-corrected chi connectivity index (χ4v) is 3.95. The number of carboxylic acids is 1. The molecule has 0 saturated carbocycles.